The topological polar surface area (TPSA) is 87.7 Å². The van der Waals surface area contributed by atoms with Crippen molar-refractivity contribution in [1.82, 2.24) is 5.32 Å². The number of nitrogens with one attached hydrogen (secondary N) is 2. The van der Waals surface area contributed by atoms with Gasteiger partial charge in [-0.3, -0.25) is 4.79 Å². The number of anilines is 1. The normalized spacial score (nSPS) is 11.6. The number of methoxy groups -OCH3 is 1. The van der Waals surface area contributed by atoms with E-state index in [4.69, 9.17) is 9.84 Å². The van der Waals surface area contributed by atoms with Gasteiger partial charge < -0.3 is 20.5 Å². The first kappa shape index (κ1) is 18.5. The molecule has 0 saturated heterocycles. The minimum atomic E-state index is -0.942. The van der Waals surface area contributed by atoms with Crippen LogP contribution in [0.25, 0.3) is 0 Å². The molecule has 0 saturated carbocycles. The minimum Gasteiger partial charge on any atom is -0.497 e. The summed E-state index contributed by atoms with van der Waals surface area (Å²) in [6.07, 6.45) is 0.333. The molecule has 2 aromatic rings. The molecule has 132 valence electrons. The number of carbonyl (C=O) groups is 2. The highest BCUT2D eigenvalue weighted by atomic mass is 16.5. The molecule has 6 heteroatoms. The Hall–Kier alpha value is -2.86. The van der Waals surface area contributed by atoms with E-state index in [-0.39, 0.29) is 17.5 Å². The molecule has 0 radical (unpaired) electrons. The van der Waals surface area contributed by atoms with Crippen LogP contribution < -0.4 is 15.4 Å². The lowest BCUT2D eigenvalue weighted by atomic mass is 10.1. The van der Waals surface area contributed by atoms with Gasteiger partial charge in [0.15, 0.2) is 0 Å². The van der Waals surface area contributed by atoms with Gasteiger partial charge in [-0.2, -0.15) is 0 Å². The summed E-state index contributed by atoms with van der Waals surface area (Å²) in [5, 5.41) is 15.0. The number of hydrogen-bond acceptors (Lipinski definition) is 4. The summed E-state index contributed by atoms with van der Waals surface area (Å²) in [6.45, 7) is 2.50. The van der Waals surface area contributed by atoms with Crippen LogP contribution in [0.2, 0.25) is 0 Å². The lowest BCUT2D eigenvalue weighted by Gasteiger charge is -2.14. The second-order valence-corrected chi connectivity index (χ2v) is 5.76. The van der Waals surface area contributed by atoms with Crippen LogP contribution in [0.1, 0.15) is 29.3 Å². The smallest absolute Gasteiger partial charge is 0.335 e. The average Bonchev–Trinajstić information content (AvgIpc) is 2.61. The zero-order chi connectivity index (χ0) is 18.2. The number of carboxylic acids is 1. The lowest BCUT2D eigenvalue weighted by Crippen LogP contribution is -2.30. The van der Waals surface area contributed by atoms with Gasteiger partial charge in [0.25, 0.3) is 0 Å². The van der Waals surface area contributed by atoms with Gasteiger partial charge in [0.1, 0.15) is 5.75 Å². The Labute approximate surface area is 146 Å². The summed E-state index contributed by atoms with van der Waals surface area (Å²) < 4.78 is 5.08. The summed E-state index contributed by atoms with van der Waals surface area (Å²) in [4.78, 5) is 22.9. The molecular weight excluding hydrogens is 320 g/mol. The second-order valence-electron chi connectivity index (χ2n) is 5.76. The van der Waals surface area contributed by atoms with Crippen LogP contribution in [0.3, 0.4) is 0 Å². The fourth-order valence-electron chi connectivity index (χ4n) is 2.29. The van der Waals surface area contributed by atoms with Crippen molar-refractivity contribution in [3.8, 4) is 5.75 Å². The summed E-state index contributed by atoms with van der Waals surface area (Å²) in [5.74, 6) is -0.281. The van der Waals surface area contributed by atoms with Crippen LogP contribution in [0, 0.1) is 0 Å². The Morgan fingerprint density at radius 2 is 1.72 bits per heavy atom. The molecule has 2 rings (SSSR count). The Morgan fingerprint density at radius 1 is 1.08 bits per heavy atom. The predicted molar refractivity (Wildman–Crippen MR) is 95.9 cm³/mol. The van der Waals surface area contributed by atoms with Gasteiger partial charge in [-0.1, -0.05) is 12.1 Å². The van der Waals surface area contributed by atoms with E-state index >= 15 is 0 Å². The van der Waals surface area contributed by atoms with Gasteiger partial charge in [0.2, 0.25) is 5.91 Å². The van der Waals surface area contributed by atoms with Crippen LogP contribution in [-0.2, 0) is 11.3 Å². The zero-order valence-electron chi connectivity index (χ0n) is 14.3. The number of benzene rings is 2. The molecule has 2 aromatic carbocycles. The molecule has 6 nitrogen and oxygen atoms in total. The van der Waals surface area contributed by atoms with Crippen LogP contribution >= 0.6 is 0 Å². The maximum atomic E-state index is 12.1. The Balaban J connectivity index is 1.77. The quantitative estimate of drug-likeness (QED) is 0.686. The van der Waals surface area contributed by atoms with Crippen molar-refractivity contribution in [2.45, 2.75) is 25.9 Å². The largest absolute Gasteiger partial charge is 0.497 e. The van der Waals surface area contributed by atoms with E-state index in [9.17, 15) is 9.59 Å². The number of amides is 1. The number of carbonyl (C=O) groups excluding carboxylic acids is 1. The van der Waals surface area contributed by atoms with Gasteiger partial charge in [-0.15, -0.1) is 0 Å². The highest BCUT2D eigenvalue weighted by molar-refractivity contribution is 5.91. The number of aromatic carboxylic acids is 1. The Kier molecular flexibility index (Phi) is 6.54. The van der Waals surface area contributed by atoms with E-state index in [1.54, 1.807) is 55.6 Å². The van der Waals surface area contributed by atoms with Crippen molar-refractivity contribution in [2.24, 2.45) is 0 Å². The van der Waals surface area contributed by atoms with Crippen molar-refractivity contribution in [1.29, 1.82) is 0 Å². The monoisotopic (exact) mass is 342 g/mol. The Morgan fingerprint density at radius 3 is 2.28 bits per heavy atom. The van der Waals surface area contributed by atoms with E-state index in [1.807, 2.05) is 6.92 Å². The molecule has 0 spiro atoms. The van der Waals surface area contributed by atoms with E-state index in [0.717, 1.165) is 17.0 Å². The SMILES string of the molecule is COc1ccc(NC(=O)CC(C)NCc2ccc(C(=O)O)cc2)cc1. The molecule has 0 bridgehead atoms. The predicted octanol–water partition coefficient (Wildman–Crippen LogP) is 2.90. The zero-order valence-corrected chi connectivity index (χ0v) is 14.3. The number of carboxylic acid groups (broad SMARTS) is 1. The van der Waals surface area contributed by atoms with Crippen molar-refractivity contribution in [3.05, 3.63) is 59.7 Å². The van der Waals surface area contributed by atoms with E-state index in [0.29, 0.717) is 13.0 Å². The fraction of sp³-hybridized carbons (Fsp3) is 0.263. The van der Waals surface area contributed by atoms with Gasteiger partial charge >= 0.3 is 5.97 Å². The Bertz CT molecular complexity index is 711. The minimum absolute atomic E-state index is 0.0163. The summed E-state index contributed by atoms with van der Waals surface area (Å²) >= 11 is 0. The van der Waals surface area contributed by atoms with E-state index in [1.165, 1.54) is 0 Å². The molecule has 0 aliphatic heterocycles. The second kappa shape index (κ2) is 8.84. The highest BCUT2D eigenvalue weighted by Gasteiger charge is 2.09. The summed E-state index contributed by atoms with van der Waals surface area (Å²) in [7, 11) is 1.59. The van der Waals surface area contributed by atoms with E-state index in [2.05, 4.69) is 10.6 Å². The molecule has 3 N–H and O–H groups in total. The third-order valence-electron chi connectivity index (χ3n) is 3.72. The van der Waals surface area contributed by atoms with Gasteiger partial charge in [0, 0.05) is 24.7 Å². The average molecular weight is 342 g/mol. The number of hydrogen-bond donors (Lipinski definition) is 3. The van der Waals surface area contributed by atoms with Crippen molar-refractivity contribution < 1.29 is 19.4 Å². The maximum Gasteiger partial charge on any atom is 0.335 e. The summed E-state index contributed by atoms with van der Waals surface area (Å²) in [5.41, 5.74) is 1.95. The van der Waals surface area contributed by atoms with Gasteiger partial charge in [-0.05, 0) is 48.9 Å². The first-order valence-corrected chi connectivity index (χ1v) is 7.97. The molecule has 0 fully saturated rings. The van der Waals surface area contributed by atoms with Crippen LogP contribution in [0.5, 0.6) is 5.75 Å². The fourth-order valence-corrected chi connectivity index (χ4v) is 2.29. The summed E-state index contributed by atoms with van der Waals surface area (Å²) in [6, 6.07) is 13.8. The molecule has 1 atom stereocenters. The number of rotatable bonds is 8. The molecule has 25 heavy (non-hydrogen) atoms. The van der Waals surface area contributed by atoms with Crippen LogP contribution in [-0.4, -0.2) is 30.1 Å². The first-order chi connectivity index (χ1) is 12.0. The maximum absolute atomic E-state index is 12.1. The molecule has 1 unspecified atom stereocenters. The van der Waals surface area contributed by atoms with Gasteiger partial charge in [0.05, 0.1) is 12.7 Å². The van der Waals surface area contributed by atoms with Crippen LogP contribution in [0.15, 0.2) is 48.5 Å². The number of ether oxygens (including phenoxy) is 1. The third-order valence-corrected chi connectivity index (χ3v) is 3.72. The third kappa shape index (κ3) is 5.93. The highest BCUT2D eigenvalue weighted by Crippen LogP contribution is 2.15. The van der Waals surface area contributed by atoms with Crippen molar-refractivity contribution in [3.63, 3.8) is 0 Å². The van der Waals surface area contributed by atoms with E-state index < -0.39 is 5.97 Å². The van der Waals surface area contributed by atoms with Crippen LogP contribution in [0.4, 0.5) is 5.69 Å². The molecule has 0 aliphatic carbocycles. The molecule has 0 aliphatic rings. The molecule has 0 aromatic heterocycles. The molecule has 1 amide bonds. The van der Waals surface area contributed by atoms with Crippen molar-refractivity contribution >= 4 is 17.6 Å². The van der Waals surface area contributed by atoms with Crippen molar-refractivity contribution in [2.75, 3.05) is 12.4 Å². The standard InChI is InChI=1S/C19H22N2O4/c1-13(20-12-14-3-5-15(6-4-14)19(23)24)11-18(22)21-16-7-9-17(25-2)10-8-16/h3-10,13,20H,11-12H2,1-2H3,(H,21,22)(H,23,24). The molecular formula is C19H22N2O4. The first-order valence-electron chi connectivity index (χ1n) is 7.97. The molecule has 0 heterocycles. The van der Waals surface area contributed by atoms with Gasteiger partial charge in [-0.25, -0.2) is 4.79 Å². The lowest BCUT2D eigenvalue weighted by molar-refractivity contribution is -0.116.